The number of hydrogen-bond donors (Lipinski definition) is 1. The molecule has 1 aliphatic rings. The fraction of sp³-hybridized carbons (Fsp3) is 0.529. The lowest BCUT2D eigenvalue weighted by molar-refractivity contribution is 0.242. The molecule has 0 aliphatic heterocycles. The van der Waals surface area contributed by atoms with E-state index in [0.29, 0.717) is 0 Å². The minimum absolute atomic E-state index is 0.224. The fourth-order valence-electron chi connectivity index (χ4n) is 2.03. The van der Waals surface area contributed by atoms with E-state index in [9.17, 15) is 0 Å². The van der Waals surface area contributed by atoms with Crippen LogP contribution < -0.4 is 10.1 Å². The van der Waals surface area contributed by atoms with Crippen LogP contribution in [0.2, 0.25) is 0 Å². The first-order valence-electron chi connectivity index (χ1n) is 7.37. The van der Waals surface area contributed by atoms with Crippen LogP contribution in [0, 0.1) is 0 Å². The van der Waals surface area contributed by atoms with Crippen molar-refractivity contribution in [2.24, 2.45) is 0 Å². The van der Waals surface area contributed by atoms with Crippen LogP contribution in [0.1, 0.15) is 45.6 Å². The molecule has 0 heterocycles. The van der Waals surface area contributed by atoms with Crippen LogP contribution in [0.3, 0.4) is 0 Å². The van der Waals surface area contributed by atoms with Gasteiger partial charge in [0.05, 0.1) is 6.10 Å². The van der Waals surface area contributed by atoms with E-state index in [1.165, 1.54) is 24.0 Å². The Morgan fingerprint density at radius 3 is 2.84 bits per heavy atom. The summed E-state index contributed by atoms with van der Waals surface area (Å²) in [6, 6.07) is 9.11. The van der Waals surface area contributed by atoms with Crippen LogP contribution in [0.5, 0.6) is 5.75 Å². The van der Waals surface area contributed by atoms with Crippen LogP contribution in [0.25, 0.3) is 6.08 Å². The van der Waals surface area contributed by atoms with Gasteiger partial charge in [-0.25, -0.2) is 0 Å². The highest BCUT2D eigenvalue weighted by atomic mass is 16.5. The van der Waals surface area contributed by atoms with E-state index in [4.69, 9.17) is 4.74 Å². The van der Waals surface area contributed by atoms with Gasteiger partial charge in [0, 0.05) is 12.6 Å². The largest absolute Gasteiger partial charge is 0.491 e. The summed E-state index contributed by atoms with van der Waals surface area (Å²) in [5.41, 5.74) is 2.68. The molecule has 2 heteroatoms. The summed E-state index contributed by atoms with van der Waals surface area (Å²) in [6.45, 7) is 7.34. The average Bonchev–Trinajstić information content (AvgIpc) is 3.18. The van der Waals surface area contributed by atoms with Gasteiger partial charge in [-0.2, -0.15) is 0 Å². The van der Waals surface area contributed by atoms with E-state index in [1.807, 2.05) is 6.07 Å². The standard InChI is InChI=1S/C17H25NO/c1-4-14(12-18-16-8-9-16)10-15-6-5-7-17(11-15)19-13(2)3/h5-7,10-11,13,16,18H,4,8-9,12H2,1-3H3. The van der Waals surface area contributed by atoms with Crippen LogP contribution in [0.4, 0.5) is 0 Å². The Labute approximate surface area is 116 Å². The SMILES string of the molecule is CCC(=Cc1cccc(OC(C)C)c1)CNC1CC1. The second kappa shape index (κ2) is 6.76. The first-order valence-corrected chi connectivity index (χ1v) is 7.37. The van der Waals surface area contributed by atoms with Crippen molar-refractivity contribution in [1.82, 2.24) is 5.32 Å². The zero-order valence-corrected chi connectivity index (χ0v) is 12.3. The molecule has 1 aromatic carbocycles. The van der Waals surface area contributed by atoms with Gasteiger partial charge < -0.3 is 10.1 Å². The lowest BCUT2D eigenvalue weighted by Crippen LogP contribution is -2.18. The van der Waals surface area contributed by atoms with Crippen molar-refractivity contribution in [2.75, 3.05) is 6.54 Å². The number of nitrogens with one attached hydrogen (secondary N) is 1. The van der Waals surface area contributed by atoms with E-state index < -0.39 is 0 Å². The number of benzene rings is 1. The van der Waals surface area contributed by atoms with Crippen LogP contribution >= 0.6 is 0 Å². The quantitative estimate of drug-likeness (QED) is 0.798. The minimum atomic E-state index is 0.224. The van der Waals surface area contributed by atoms with Crippen LogP contribution in [0.15, 0.2) is 29.8 Å². The Morgan fingerprint density at radius 2 is 2.21 bits per heavy atom. The molecule has 0 bridgehead atoms. The summed E-state index contributed by atoms with van der Waals surface area (Å²) in [5, 5.41) is 3.58. The Bertz CT molecular complexity index is 433. The van der Waals surface area contributed by atoms with Gasteiger partial charge in [-0.1, -0.05) is 30.7 Å². The maximum atomic E-state index is 5.73. The van der Waals surface area contributed by atoms with Gasteiger partial charge in [0.25, 0.3) is 0 Å². The summed E-state index contributed by atoms with van der Waals surface area (Å²) in [5.74, 6) is 0.953. The van der Waals surface area contributed by atoms with Crippen molar-refractivity contribution < 1.29 is 4.74 Å². The molecule has 1 N–H and O–H groups in total. The topological polar surface area (TPSA) is 21.3 Å². The van der Waals surface area contributed by atoms with Crippen molar-refractivity contribution in [2.45, 2.75) is 52.2 Å². The highest BCUT2D eigenvalue weighted by Gasteiger charge is 2.19. The molecule has 1 aliphatic carbocycles. The number of rotatable bonds is 7. The van der Waals surface area contributed by atoms with Crippen molar-refractivity contribution >= 4 is 6.08 Å². The Morgan fingerprint density at radius 1 is 1.42 bits per heavy atom. The predicted molar refractivity (Wildman–Crippen MR) is 81.5 cm³/mol. The predicted octanol–water partition coefficient (Wildman–Crippen LogP) is 4.02. The summed E-state index contributed by atoms with van der Waals surface area (Å²) in [6.07, 6.45) is 6.28. The molecule has 2 nitrogen and oxygen atoms in total. The maximum Gasteiger partial charge on any atom is 0.120 e. The smallest absolute Gasteiger partial charge is 0.120 e. The number of ether oxygens (including phenoxy) is 1. The summed E-state index contributed by atoms with van der Waals surface area (Å²) >= 11 is 0. The third kappa shape index (κ3) is 5.07. The molecule has 0 saturated heterocycles. The highest BCUT2D eigenvalue weighted by Crippen LogP contribution is 2.21. The second-order valence-electron chi connectivity index (χ2n) is 5.55. The minimum Gasteiger partial charge on any atom is -0.491 e. The van der Waals surface area contributed by atoms with Crippen molar-refractivity contribution in [3.8, 4) is 5.75 Å². The highest BCUT2D eigenvalue weighted by molar-refractivity contribution is 5.55. The van der Waals surface area contributed by atoms with E-state index in [2.05, 4.69) is 50.4 Å². The van der Waals surface area contributed by atoms with E-state index in [1.54, 1.807) is 0 Å². The fourth-order valence-corrected chi connectivity index (χ4v) is 2.03. The van der Waals surface area contributed by atoms with E-state index in [0.717, 1.165) is 24.8 Å². The normalized spacial score (nSPS) is 15.9. The monoisotopic (exact) mass is 259 g/mol. The molecule has 1 aromatic rings. The Kier molecular flexibility index (Phi) is 5.03. The first kappa shape index (κ1) is 14.1. The van der Waals surface area contributed by atoms with Gasteiger partial charge in [0.15, 0.2) is 0 Å². The molecule has 0 aromatic heterocycles. The molecule has 0 atom stereocenters. The van der Waals surface area contributed by atoms with Crippen LogP contribution in [-0.2, 0) is 0 Å². The van der Waals surface area contributed by atoms with Gasteiger partial charge in [-0.3, -0.25) is 0 Å². The van der Waals surface area contributed by atoms with Gasteiger partial charge in [0.2, 0.25) is 0 Å². The second-order valence-corrected chi connectivity index (χ2v) is 5.55. The van der Waals surface area contributed by atoms with Gasteiger partial charge in [-0.15, -0.1) is 0 Å². The zero-order valence-electron chi connectivity index (χ0n) is 12.3. The van der Waals surface area contributed by atoms with Crippen molar-refractivity contribution in [3.63, 3.8) is 0 Å². The molecular formula is C17H25NO. The van der Waals surface area contributed by atoms with Gasteiger partial charge >= 0.3 is 0 Å². The summed E-state index contributed by atoms with van der Waals surface area (Å²) < 4.78 is 5.73. The van der Waals surface area contributed by atoms with Gasteiger partial charge in [-0.05, 0) is 50.8 Å². The third-order valence-electron chi connectivity index (χ3n) is 3.25. The molecule has 0 unspecified atom stereocenters. The third-order valence-corrected chi connectivity index (χ3v) is 3.25. The summed E-state index contributed by atoms with van der Waals surface area (Å²) in [7, 11) is 0. The van der Waals surface area contributed by atoms with Gasteiger partial charge in [0.1, 0.15) is 5.75 Å². The molecule has 2 rings (SSSR count). The first-order chi connectivity index (χ1) is 9.17. The molecule has 0 spiro atoms. The summed E-state index contributed by atoms with van der Waals surface area (Å²) in [4.78, 5) is 0. The molecule has 0 amide bonds. The molecule has 0 radical (unpaired) electrons. The molecule has 1 saturated carbocycles. The zero-order chi connectivity index (χ0) is 13.7. The number of hydrogen-bond acceptors (Lipinski definition) is 2. The van der Waals surface area contributed by atoms with E-state index >= 15 is 0 Å². The maximum absolute atomic E-state index is 5.73. The van der Waals surface area contributed by atoms with Crippen molar-refractivity contribution in [3.05, 3.63) is 35.4 Å². The Hall–Kier alpha value is -1.28. The molecular weight excluding hydrogens is 234 g/mol. The van der Waals surface area contributed by atoms with E-state index in [-0.39, 0.29) is 6.10 Å². The molecule has 19 heavy (non-hydrogen) atoms. The average molecular weight is 259 g/mol. The molecule has 1 fully saturated rings. The molecule has 104 valence electrons. The van der Waals surface area contributed by atoms with Crippen molar-refractivity contribution in [1.29, 1.82) is 0 Å². The Balaban J connectivity index is 2.01. The van der Waals surface area contributed by atoms with Crippen LogP contribution in [-0.4, -0.2) is 18.7 Å². The lowest BCUT2D eigenvalue weighted by atomic mass is 10.1. The lowest BCUT2D eigenvalue weighted by Gasteiger charge is -2.11.